The molecule has 1 unspecified atom stereocenters. The molecule has 2 nitrogen and oxygen atoms in total. The van der Waals surface area contributed by atoms with Crippen LogP contribution >= 0.6 is 23.2 Å². The van der Waals surface area contributed by atoms with E-state index in [0.29, 0.717) is 10.6 Å². The van der Waals surface area contributed by atoms with Gasteiger partial charge in [0, 0.05) is 5.02 Å². The van der Waals surface area contributed by atoms with Crippen LogP contribution in [0.15, 0.2) is 36.4 Å². The number of halogens is 3. The van der Waals surface area contributed by atoms with Gasteiger partial charge in [-0.05, 0) is 42.3 Å². The molecule has 0 aromatic heterocycles. The molecule has 2 N–H and O–H groups in total. The van der Waals surface area contributed by atoms with Gasteiger partial charge in [0.2, 0.25) is 0 Å². The Morgan fingerprint density at radius 2 is 1.70 bits per heavy atom. The van der Waals surface area contributed by atoms with E-state index >= 15 is 0 Å². The van der Waals surface area contributed by atoms with Gasteiger partial charge >= 0.3 is 0 Å². The van der Waals surface area contributed by atoms with Gasteiger partial charge in [0.15, 0.2) is 0 Å². The summed E-state index contributed by atoms with van der Waals surface area (Å²) in [6, 6.07) is 9.86. The van der Waals surface area contributed by atoms with Crippen LogP contribution < -0.4 is 10.5 Å². The van der Waals surface area contributed by atoms with Crippen molar-refractivity contribution < 1.29 is 9.13 Å². The maximum absolute atomic E-state index is 13.7. The first-order chi connectivity index (χ1) is 9.36. The van der Waals surface area contributed by atoms with E-state index in [1.165, 1.54) is 12.1 Å². The zero-order chi connectivity index (χ0) is 14.9. The Morgan fingerprint density at radius 3 is 2.25 bits per heavy atom. The van der Waals surface area contributed by atoms with Crippen molar-refractivity contribution in [3.05, 3.63) is 63.4 Å². The molecule has 2 rings (SSSR count). The number of methoxy groups -OCH3 is 1. The van der Waals surface area contributed by atoms with Crippen LogP contribution in [0.5, 0.6) is 5.75 Å². The molecule has 5 heteroatoms. The average Bonchev–Trinajstić information content (AvgIpc) is 2.42. The molecule has 0 aliphatic rings. The third-order valence-electron chi connectivity index (χ3n) is 3.26. The van der Waals surface area contributed by atoms with Crippen molar-refractivity contribution in [1.29, 1.82) is 0 Å². The number of nitrogens with two attached hydrogens (primary N) is 1. The van der Waals surface area contributed by atoms with Gasteiger partial charge in [-0.25, -0.2) is 4.39 Å². The molecule has 0 aliphatic carbocycles. The number of rotatable bonds is 3. The van der Waals surface area contributed by atoms with E-state index in [-0.39, 0.29) is 5.02 Å². The number of ether oxygens (including phenoxy) is 1. The van der Waals surface area contributed by atoms with Crippen molar-refractivity contribution in [2.45, 2.75) is 12.5 Å². The fourth-order valence-corrected chi connectivity index (χ4v) is 2.59. The van der Waals surface area contributed by atoms with Crippen LogP contribution in [0.1, 0.15) is 18.1 Å². The summed E-state index contributed by atoms with van der Waals surface area (Å²) in [6.07, 6.45) is 0. The Kier molecular flexibility index (Phi) is 4.23. The summed E-state index contributed by atoms with van der Waals surface area (Å²) in [5, 5.41) is 0.307. The lowest BCUT2D eigenvalue weighted by Crippen LogP contribution is -2.34. The number of hydrogen-bond acceptors (Lipinski definition) is 2. The molecule has 0 fully saturated rings. The largest absolute Gasteiger partial charge is 0.497 e. The highest BCUT2D eigenvalue weighted by Gasteiger charge is 2.27. The molecule has 0 saturated carbocycles. The first-order valence-corrected chi connectivity index (χ1v) is 6.70. The summed E-state index contributed by atoms with van der Waals surface area (Å²) in [6.45, 7) is 1.77. The van der Waals surface area contributed by atoms with Crippen molar-refractivity contribution >= 4 is 23.2 Å². The molecule has 0 radical (unpaired) electrons. The Balaban J connectivity index is 2.50. The monoisotopic (exact) mass is 313 g/mol. The van der Waals surface area contributed by atoms with E-state index in [4.69, 9.17) is 33.7 Å². The van der Waals surface area contributed by atoms with Crippen molar-refractivity contribution in [1.82, 2.24) is 0 Å². The lowest BCUT2D eigenvalue weighted by atomic mass is 9.85. The Bertz CT molecular complexity index is 627. The quantitative estimate of drug-likeness (QED) is 0.854. The van der Waals surface area contributed by atoms with Crippen molar-refractivity contribution in [3.63, 3.8) is 0 Å². The van der Waals surface area contributed by atoms with Crippen molar-refractivity contribution in [2.24, 2.45) is 5.73 Å². The molecule has 0 spiro atoms. The van der Waals surface area contributed by atoms with Gasteiger partial charge in [-0.3, -0.25) is 0 Å². The van der Waals surface area contributed by atoms with E-state index in [1.54, 1.807) is 26.2 Å². The van der Waals surface area contributed by atoms with Crippen LogP contribution in [0.2, 0.25) is 10.0 Å². The molecule has 2 aromatic rings. The van der Waals surface area contributed by atoms with Crippen molar-refractivity contribution in [3.8, 4) is 5.75 Å². The van der Waals surface area contributed by atoms with E-state index in [2.05, 4.69) is 0 Å². The third-order valence-corrected chi connectivity index (χ3v) is 3.86. The van der Waals surface area contributed by atoms with E-state index in [1.807, 2.05) is 12.1 Å². The molecule has 0 saturated heterocycles. The summed E-state index contributed by atoms with van der Waals surface area (Å²) in [7, 11) is 1.59. The summed E-state index contributed by atoms with van der Waals surface area (Å²) in [5.74, 6) is 0.175. The van der Waals surface area contributed by atoms with Gasteiger partial charge in [0.25, 0.3) is 0 Å². The standard InChI is InChI=1S/C15H14Cl2FNO/c1-15(19,9-3-5-10(20-2)6-4-9)11-7-14(18)13(17)8-12(11)16/h3-8H,19H2,1-2H3. The second-order valence-corrected chi connectivity index (χ2v) is 5.49. The smallest absolute Gasteiger partial charge is 0.142 e. The van der Waals surface area contributed by atoms with Gasteiger partial charge in [-0.2, -0.15) is 0 Å². The van der Waals surface area contributed by atoms with Crippen LogP contribution in [-0.2, 0) is 5.54 Å². The Morgan fingerprint density at radius 1 is 1.10 bits per heavy atom. The minimum atomic E-state index is -0.936. The second-order valence-electron chi connectivity index (χ2n) is 4.68. The zero-order valence-electron chi connectivity index (χ0n) is 11.1. The van der Waals surface area contributed by atoms with E-state index in [0.717, 1.165) is 11.3 Å². The predicted octanol–water partition coefficient (Wildman–Crippen LogP) is 4.36. The van der Waals surface area contributed by atoms with Crippen LogP contribution in [0.4, 0.5) is 4.39 Å². The second kappa shape index (κ2) is 5.60. The molecule has 0 bridgehead atoms. The molecule has 1 atom stereocenters. The molecule has 2 aromatic carbocycles. The summed E-state index contributed by atoms with van der Waals surface area (Å²) >= 11 is 11.8. The summed E-state index contributed by atoms with van der Waals surface area (Å²) in [5.41, 5.74) is 6.67. The fourth-order valence-electron chi connectivity index (χ4n) is 2.01. The van der Waals surface area contributed by atoms with Crippen LogP contribution in [0.3, 0.4) is 0 Å². The molecule has 0 amide bonds. The highest BCUT2D eigenvalue weighted by molar-refractivity contribution is 6.35. The fraction of sp³-hybridized carbons (Fsp3) is 0.200. The molecule has 0 aliphatic heterocycles. The maximum Gasteiger partial charge on any atom is 0.142 e. The normalized spacial score (nSPS) is 13.9. The van der Waals surface area contributed by atoms with Crippen molar-refractivity contribution in [2.75, 3.05) is 7.11 Å². The molecule has 106 valence electrons. The van der Waals surface area contributed by atoms with Gasteiger partial charge in [0.05, 0.1) is 17.7 Å². The summed E-state index contributed by atoms with van der Waals surface area (Å²) < 4.78 is 18.8. The van der Waals surface area contributed by atoms with Gasteiger partial charge in [0.1, 0.15) is 11.6 Å². The predicted molar refractivity (Wildman–Crippen MR) is 80.1 cm³/mol. The third kappa shape index (κ3) is 2.75. The van der Waals surface area contributed by atoms with Crippen LogP contribution in [0.25, 0.3) is 0 Å². The SMILES string of the molecule is COc1ccc(C(C)(N)c2cc(F)c(Cl)cc2Cl)cc1. The van der Waals surface area contributed by atoms with Crippen LogP contribution in [0, 0.1) is 5.82 Å². The first kappa shape index (κ1) is 15.1. The van der Waals surface area contributed by atoms with Gasteiger partial charge in [-0.15, -0.1) is 0 Å². The highest BCUT2D eigenvalue weighted by Crippen LogP contribution is 2.35. The minimum absolute atomic E-state index is 0.0238. The highest BCUT2D eigenvalue weighted by atomic mass is 35.5. The number of hydrogen-bond donors (Lipinski definition) is 1. The number of benzene rings is 2. The average molecular weight is 314 g/mol. The van der Waals surface area contributed by atoms with E-state index in [9.17, 15) is 4.39 Å². The topological polar surface area (TPSA) is 35.2 Å². The lowest BCUT2D eigenvalue weighted by Gasteiger charge is -2.27. The first-order valence-electron chi connectivity index (χ1n) is 5.94. The van der Waals surface area contributed by atoms with Gasteiger partial charge < -0.3 is 10.5 Å². The minimum Gasteiger partial charge on any atom is -0.497 e. The van der Waals surface area contributed by atoms with Gasteiger partial charge in [-0.1, -0.05) is 35.3 Å². The lowest BCUT2D eigenvalue weighted by molar-refractivity contribution is 0.414. The molecule has 0 heterocycles. The molecular weight excluding hydrogens is 300 g/mol. The van der Waals surface area contributed by atoms with Crippen LogP contribution in [-0.4, -0.2) is 7.11 Å². The zero-order valence-corrected chi connectivity index (χ0v) is 12.6. The molecule has 20 heavy (non-hydrogen) atoms. The summed E-state index contributed by atoms with van der Waals surface area (Å²) in [4.78, 5) is 0. The Hall–Kier alpha value is -1.29. The molecular formula is C15H14Cl2FNO. The van der Waals surface area contributed by atoms with E-state index < -0.39 is 11.4 Å². The Labute approximate surface area is 127 Å². The maximum atomic E-state index is 13.7.